The number of amides is 1. The molecule has 0 aromatic carbocycles. The van der Waals surface area contributed by atoms with E-state index in [4.69, 9.17) is 5.73 Å². The van der Waals surface area contributed by atoms with Gasteiger partial charge in [-0.1, -0.05) is 34.1 Å². The molecule has 3 aliphatic carbocycles. The van der Waals surface area contributed by atoms with Crippen LogP contribution in [0.1, 0.15) is 53.4 Å². The Labute approximate surface area is 116 Å². The zero-order valence-electron chi connectivity index (χ0n) is 12.7. The Morgan fingerprint density at radius 3 is 2.21 bits per heavy atom. The normalized spacial score (nSPS) is 45.8. The SMILES string of the molecule is CC1(C)C(N)C(C)(C)C1NC(=O)C1CC2CCC1C2. The minimum atomic E-state index is 0.0107. The fraction of sp³-hybridized carbons (Fsp3) is 0.938. The first-order chi connectivity index (χ1) is 8.74. The Hall–Kier alpha value is -0.570. The summed E-state index contributed by atoms with van der Waals surface area (Å²) >= 11 is 0. The quantitative estimate of drug-likeness (QED) is 0.804. The van der Waals surface area contributed by atoms with Gasteiger partial charge in [0, 0.05) is 28.8 Å². The maximum absolute atomic E-state index is 12.6. The van der Waals surface area contributed by atoms with Crippen LogP contribution in [0.2, 0.25) is 0 Å². The van der Waals surface area contributed by atoms with Crippen molar-refractivity contribution in [3.8, 4) is 0 Å². The summed E-state index contributed by atoms with van der Waals surface area (Å²) in [6, 6.07) is 0.368. The summed E-state index contributed by atoms with van der Waals surface area (Å²) in [5.74, 6) is 2.06. The molecule has 0 heterocycles. The molecule has 3 heteroatoms. The van der Waals surface area contributed by atoms with Crippen LogP contribution in [-0.2, 0) is 4.79 Å². The molecule has 0 spiro atoms. The second-order valence-corrected chi connectivity index (χ2v) is 8.34. The topological polar surface area (TPSA) is 55.1 Å². The van der Waals surface area contributed by atoms with Crippen molar-refractivity contribution >= 4 is 5.91 Å². The molecule has 3 aliphatic rings. The van der Waals surface area contributed by atoms with Crippen molar-refractivity contribution in [2.45, 2.75) is 65.5 Å². The van der Waals surface area contributed by atoms with Crippen molar-refractivity contribution in [3.63, 3.8) is 0 Å². The molecule has 0 aromatic heterocycles. The Morgan fingerprint density at radius 2 is 1.74 bits per heavy atom. The van der Waals surface area contributed by atoms with Crippen molar-refractivity contribution < 1.29 is 4.79 Å². The van der Waals surface area contributed by atoms with Gasteiger partial charge >= 0.3 is 0 Å². The van der Waals surface area contributed by atoms with Crippen LogP contribution in [0, 0.1) is 28.6 Å². The van der Waals surface area contributed by atoms with Gasteiger partial charge in [-0.15, -0.1) is 0 Å². The van der Waals surface area contributed by atoms with Crippen LogP contribution < -0.4 is 11.1 Å². The van der Waals surface area contributed by atoms with Gasteiger partial charge in [0.05, 0.1) is 0 Å². The van der Waals surface area contributed by atoms with Gasteiger partial charge < -0.3 is 11.1 Å². The average molecular weight is 264 g/mol. The summed E-state index contributed by atoms with van der Waals surface area (Å²) < 4.78 is 0. The molecule has 3 saturated carbocycles. The molecule has 3 unspecified atom stereocenters. The first-order valence-electron chi connectivity index (χ1n) is 7.80. The largest absolute Gasteiger partial charge is 0.352 e. The predicted molar refractivity (Wildman–Crippen MR) is 76.4 cm³/mol. The van der Waals surface area contributed by atoms with Crippen LogP contribution >= 0.6 is 0 Å². The van der Waals surface area contributed by atoms with Crippen molar-refractivity contribution in [2.75, 3.05) is 0 Å². The lowest BCUT2D eigenvalue weighted by molar-refractivity contribution is -0.137. The average Bonchev–Trinajstić information content (AvgIpc) is 2.96. The van der Waals surface area contributed by atoms with Crippen LogP contribution in [0.5, 0.6) is 0 Å². The highest BCUT2D eigenvalue weighted by atomic mass is 16.2. The van der Waals surface area contributed by atoms with Crippen LogP contribution in [-0.4, -0.2) is 18.0 Å². The van der Waals surface area contributed by atoms with Crippen molar-refractivity contribution in [1.29, 1.82) is 0 Å². The molecule has 19 heavy (non-hydrogen) atoms. The molecule has 2 bridgehead atoms. The van der Waals surface area contributed by atoms with E-state index in [1.165, 1.54) is 19.3 Å². The van der Waals surface area contributed by atoms with Gasteiger partial charge in [0.2, 0.25) is 5.91 Å². The van der Waals surface area contributed by atoms with Gasteiger partial charge in [-0.05, 0) is 31.1 Å². The molecule has 3 nitrogen and oxygen atoms in total. The number of hydrogen-bond acceptors (Lipinski definition) is 2. The lowest BCUT2D eigenvalue weighted by Gasteiger charge is -2.63. The summed E-state index contributed by atoms with van der Waals surface area (Å²) in [7, 11) is 0. The minimum Gasteiger partial charge on any atom is -0.352 e. The standard InChI is InChI=1S/C16H28N2O/c1-15(2)13(17)16(3,4)14(15)18-12(19)11-8-9-5-6-10(11)7-9/h9-11,13-14H,5-8,17H2,1-4H3,(H,18,19). The van der Waals surface area contributed by atoms with Gasteiger partial charge in [0.25, 0.3) is 0 Å². The molecular formula is C16H28N2O. The smallest absolute Gasteiger partial charge is 0.223 e. The maximum atomic E-state index is 12.6. The van der Waals surface area contributed by atoms with Crippen LogP contribution in [0.4, 0.5) is 0 Å². The van der Waals surface area contributed by atoms with Crippen molar-refractivity contribution in [3.05, 3.63) is 0 Å². The summed E-state index contributed by atoms with van der Waals surface area (Å²) in [6.45, 7) is 8.70. The van der Waals surface area contributed by atoms with E-state index in [1.54, 1.807) is 0 Å². The third kappa shape index (κ3) is 1.77. The van der Waals surface area contributed by atoms with Gasteiger partial charge in [0.15, 0.2) is 0 Å². The number of nitrogens with one attached hydrogen (secondary N) is 1. The third-order valence-corrected chi connectivity index (χ3v) is 6.45. The monoisotopic (exact) mass is 264 g/mol. The second kappa shape index (κ2) is 3.97. The Morgan fingerprint density at radius 1 is 1.11 bits per heavy atom. The maximum Gasteiger partial charge on any atom is 0.223 e. The minimum absolute atomic E-state index is 0.0107. The Balaban J connectivity index is 1.67. The highest BCUT2D eigenvalue weighted by molar-refractivity contribution is 5.80. The van der Waals surface area contributed by atoms with E-state index in [-0.39, 0.29) is 28.8 Å². The van der Waals surface area contributed by atoms with Gasteiger partial charge in [-0.25, -0.2) is 0 Å². The second-order valence-electron chi connectivity index (χ2n) is 8.34. The fourth-order valence-electron chi connectivity index (χ4n) is 5.37. The highest BCUT2D eigenvalue weighted by Gasteiger charge is 2.61. The lowest BCUT2D eigenvalue weighted by atomic mass is 9.48. The predicted octanol–water partition coefficient (Wildman–Crippen LogP) is 2.30. The van der Waals surface area contributed by atoms with E-state index in [2.05, 4.69) is 33.0 Å². The summed E-state index contributed by atoms with van der Waals surface area (Å²) in [5, 5.41) is 3.34. The number of rotatable bonds is 2. The molecule has 1 amide bonds. The van der Waals surface area contributed by atoms with Gasteiger partial charge in [-0.2, -0.15) is 0 Å². The van der Waals surface area contributed by atoms with E-state index in [0.29, 0.717) is 11.8 Å². The zero-order chi connectivity index (χ0) is 14.0. The fourth-order valence-corrected chi connectivity index (χ4v) is 5.37. The Kier molecular flexibility index (Phi) is 2.80. The van der Waals surface area contributed by atoms with Gasteiger partial charge in [0.1, 0.15) is 0 Å². The number of fused-ring (bicyclic) bond motifs is 2. The summed E-state index contributed by atoms with van der Waals surface area (Å²) in [6.07, 6.45) is 5.02. The van der Waals surface area contributed by atoms with E-state index < -0.39 is 0 Å². The first-order valence-corrected chi connectivity index (χ1v) is 7.80. The Bertz CT molecular complexity index is 386. The van der Waals surface area contributed by atoms with Crippen molar-refractivity contribution in [1.82, 2.24) is 5.32 Å². The third-order valence-electron chi connectivity index (χ3n) is 6.45. The number of nitrogens with two attached hydrogens (primary N) is 1. The number of carbonyl (C=O) groups excluding carboxylic acids is 1. The number of carbonyl (C=O) groups is 1. The molecular weight excluding hydrogens is 236 g/mol. The van der Waals surface area contributed by atoms with Crippen LogP contribution in [0.15, 0.2) is 0 Å². The molecule has 108 valence electrons. The number of hydrogen-bond donors (Lipinski definition) is 2. The first kappa shape index (κ1) is 13.4. The lowest BCUT2D eigenvalue weighted by Crippen LogP contribution is -2.76. The van der Waals surface area contributed by atoms with E-state index in [0.717, 1.165) is 12.3 Å². The molecule has 0 aromatic rings. The molecule has 0 aliphatic heterocycles. The molecule has 0 radical (unpaired) electrons. The summed E-state index contributed by atoms with van der Waals surface area (Å²) in [5.41, 5.74) is 6.28. The van der Waals surface area contributed by atoms with Crippen LogP contribution in [0.3, 0.4) is 0 Å². The van der Waals surface area contributed by atoms with Crippen LogP contribution in [0.25, 0.3) is 0 Å². The molecule has 3 N–H and O–H groups in total. The zero-order valence-corrected chi connectivity index (χ0v) is 12.7. The highest BCUT2D eigenvalue weighted by Crippen LogP contribution is 2.53. The summed E-state index contributed by atoms with van der Waals surface area (Å²) in [4.78, 5) is 12.6. The van der Waals surface area contributed by atoms with Gasteiger partial charge in [-0.3, -0.25) is 4.79 Å². The van der Waals surface area contributed by atoms with E-state index >= 15 is 0 Å². The molecule has 3 rings (SSSR count). The van der Waals surface area contributed by atoms with E-state index in [9.17, 15) is 4.79 Å². The molecule has 3 atom stereocenters. The molecule has 0 saturated heterocycles. The van der Waals surface area contributed by atoms with E-state index in [1.807, 2.05) is 0 Å². The molecule has 3 fully saturated rings. The van der Waals surface area contributed by atoms with Crippen molar-refractivity contribution in [2.24, 2.45) is 34.3 Å².